The van der Waals surface area contributed by atoms with Crippen LogP contribution in [0.25, 0.3) is 11.4 Å². The number of aromatic nitrogens is 4. The first kappa shape index (κ1) is 47.9. The van der Waals surface area contributed by atoms with Crippen LogP contribution in [-0.4, -0.2) is 117 Å². The van der Waals surface area contributed by atoms with Crippen molar-refractivity contribution in [2.45, 2.75) is 80.5 Å². The second kappa shape index (κ2) is 19.8. The summed E-state index contributed by atoms with van der Waals surface area (Å²) in [6, 6.07) is 25.3. The van der Waals surface area contributed by atoms with Crippen molar-refractivity contribution in [3.8, 4) is 17.1 Å². The zero-order valence-corrected chi connectivity index (χ0v) is 39.0. The van der Waals surface area contributed by atoms with Gasteiger partial charge in [-0.3, -0.25) is 9.59 Å². The van der Waals surface area contributed by atoms with Gasteiger partial charge in [-0.25, -0.2) is 26.4 Å². The Morgan fingerprint density at radius 3 is 2.05 bits per heavy atom. The van der Waals surface area contributed by atoms with Gasteiger partial charge in [-0.1, -0.05) is 72.8 Å². The Bertz CT molecular complexity index is 2720. The molecule has 7 rings (SSSR count). The number of amides is 2. The Morgan fingerprint density at radius 1 is 0.848 bits per heavy atom. The van der Waals surface area contributed by atoms with Crippen LogP contribution >= 0.6 is 0 Å². The zero-order valence-electron chi connectivity index (χ0n) is 37.4. The molecule has 0 aliphatic carbocycles. The van der Waals surface area contributed by atoms with Crippen molar-refractivity contribution in [2.24, 2.45) is 0 Å². The first-order chi connectivity index (χ1) is 31.4. The summed E-state index contributed by atoms with van der Waals surface area (Å²) in [6.45, 7) is 5.22. The predicted octanol–water partition coefficient (Wildman–Crippen LogP) is 5.06. The van der Waals surface area contributed by atoms with Gasteiger partial charge in [0.2, 0.25) is 31.7 Å². The highest BCUT2D eigenvalue weighted by atomic mass is 32.2. The van der Waals surface area contributed by atoms with E-state index < -0.39 is 77.3 Å². The van der Waals surface area contributed by atoms with E-state index in [-0.39, 0.29) is 57.0 Å². The molecule has 3 atom stereocenters. The number of carbonyl (C=O) groups is 3. The van der Waals surface area contributed by atoms with E-state index in [1.54, 1.807) is 106 Å². The summed E-state index contributed by atoms with van der Waals surface area (Å²) in [6.07, 6.45) is -3.21. The number of Topliss-reactive ketones (excluding diaryl/α,β-unsaturated/α-hetero) is 1. The molecular weight excluding hydrogens is 893 g/mol. The lowest BCUT2D eigenvalue weighted by molar-refractivity contribution is -0.137. The second-order valence-electron chi connectivity index (χ2n) is 16.6. The van der Waals surface area contributed by atoms with E-state index in [2.05, 4.69) is 20.1 Å². The van der Waals surface area contributed by atoms with Gasteiger partial charge in [0.25, 0.3) is 5.91 Å². The maximum absolute atomic E-state index is 16.3. The van der Waals surface area contributed by atoms with Gasteiger partial charge in [0.05, 0.1) is 24.9 Å². The molecule has 5 aromatic rings. The van der Waals surface area contributed by atoms with Crippen molar-refractivity contribution in [1.29, 1.82) is 0 Å². The number of piperidine rings is 1. The molecule has 2 aliphatic heterocycles. The first-order valence-corrected chi connectivity index (χ1v) is 24.0. The van der Waals surface area contributed by atoms with Crippen molar-refractivity contribution in [1.82, 2.24) is 34.1 Å². The first-order valence-electron chi connectivity index (χ1n) is 21.1. The number of sulfonamides is 2. The molecule has 1 aromatic heterocycles. The quantitative estimate of drug-likeness (QED) is 0.101. The third kappa shape index (κ3) is 10.3. The Balaban J connectivity index is 1.49. The Morgan fingerprint density at radius 2 is 1.47 bits per heavy atom. The predicted molar refractivity (Wildman–Crippen MR) is 240 cm³/mol. The van der Waals surface area contributed by atoms with Gasteiger partial charge in [-0.2, -0.15) is 4.80 Å². The fraction of sp³-hybridized carbons (Fsp3) is 0.378. The number of ketones is 1. The van der Waals surface area contributed by atoms with Crippen LogP contribution in [-0.2, 0) is 50.4 Å². The maximum Gasteiger partial charge on any atom is 0.410 e. The summed E-state index contributed by atoms with van der Waals surface area (Å²) in [5.41, 5.74) is 0.0240. The topological polar surface area (TPSA) is 222 Å². The van der Waals surface area contributed by atoms with Gasteiger partial charge >= 0.3 is 6.09 Å². The molecule has 2 fully saturated rings. The number of nitrogens with one attached hydrogen (secondary N) is 1. The van der Waals surface area contributed by atoms with Crippen LogP contribution in [0.2, 0.25) is 0 Å². The van der Waals surface area contributed by atoms with Crippen LogP contribution in [0.1, 0.15) is 69.2 Å². The zero-order chi connectivity index (χ0) is 47.4. The van der Waals surface area contributed by atoms with Crippen LogP contribution in [0.4, 0.5) is 10.5 Å². The number of tetrazole rings is 1. The molecule has 21 heteroatoms. The number of ether oxygens (including phenoxy) is 4. The number of likely N-dealkylation sites (tertiary alicyclic amines) is 1. The molecule has 0 radical (unpaired) electrons. The monoisotopic (exact) mass is 944 g/mol. The molecule has 0 saturated carbocycles. The van der Waals surface area contributed by atoms with E-state index in [9.17, 15) is 14.4 Å². The average molecular weight is 945 g/mol. The molecule has 1 N–H and O–H groups in total. The van der Waals surface area contributed by atoms with Gasteiger partial charge in [0, 0.05) is 46.3 Å². The summed E-state index contributed by atoms with van der Waals surface area (Å²) in [7, 11) is -6.08. The van der Waals surface area contributed by atoms with Gasteiger partial charge in [-0.05, 0) is 79.8 Å². The number of carbonyl (C=O) groups excluding carboxylic acids is 3. The van der Waals surface area contributed by atoms with E-state index in [1.807, 2.05) is 0 Å². The minimum absolute atomic E-state index is 0.0247. The summed E-state index contributed by atoms with van der Waals surface area (Å²) >= 11 is 0. The van der Waals surface area contributed by atoms with Gasteiger partial charge in [0.15, 0.2) is 12.5 Å². The molecule has 0 unspecified atom stereocenters. The normalized spacial score (nSPS) is 17.0. The van der Waals surface area contributed by atoms with Crippen LogP contribution in [0.15, 0.2) is 107 Å². The van der Waals surface area contributed by atoms with Crippen LogP contribution in [0.3, 0.4) is 0 Å². The third-order valence-corrected chi connectivity index (χ3v) is 14.5. The van der Waals surface area contributed by atoms with Gasteiger partial charge < -0.3 is 28.7 Å². The molecule has 66 heavy (non-hydrogen) atoms. The van der Waals surface area contributed by atoms with E-state index in [0.29, 0.717) is 22.4 Å². The lowest BCUT2D eigenvalue weighted by Gasteiger charge is -2.37. The lowest BCUT2D eigenvalue weighted by atomic mass is 10.1. The van der Waals surface area contributed by atoms with E-state index in [1.165, 1.54) is 37.1 Å². The number of anilines is 1. The lowest BCUT2D eigenvalue weighted by Crippen LogP contribution is -2.44. The van der Waals surface area contributed by atoms with Crippen LogP contribution in [0.5, 0.6) is 5.75 Å². The summed E-state index contributed by atoms with van der Waals surface area (Å²) in [5, 5.41) is 13.1. The molecule has 0 bridgehead atoms. The van der Waals surface area contributed by atoms with Crippen molar-refractivity contribution in [2.75, 3.05) is 45.9 Å². The van der Waals surface area contributed by atoms with Gasteiger partial charge in [-0.15, -0.1) is 14.5 Å². The minimum atomic E-state index is -5.31. The summed E-state index contributed by atoms with van der Waals surface area (Å²) in [4.78, 5) is 41.9. The Hall–Kier alpha value is -6.10. The number of methoxy groups -OCH3 is 3. The van der Waals surface area contributed by atoms with Gasteiger partial charge in [0.1, 0.15) is 21.1 Å². The molecule has 2 aliphatic rings. The van der Waals surface area contributed by atoms with E-state index in [4.69, 9.17) is 18.9 Å². The maximum atomic E-state index is 16.3. The summed E-state index contributed by atoms with van der Waals surface area (Å²) < 4.78 is 89.2. The molecule has 19 nitrogen and oxygen atoms in total. The number of rotatable bonds is 16. The molecule has 350 valence electrons. The van der Waals surface area contributed by atoms with E-state index in [0.717, 1.165) is 15.3 Å². The highest BCUT2D eigenvalue weighted by Crippen LogP contribution is 2.45. The Labute approximate surface area is 383 Å². The minimum Gasteiger partial charge on any atom is -0.497 e. The summed E-state index contributed by atoms with van der Waals surface area (Å²) in [5.74, 6) is -1.43. The smallest absolute Gasteiger partial charge is 0.410 e. The highest BCUT2D eigenvalue weighted by Gasteiger charge is 2.46. The largest absolute Gasteiger partial charge is 0.497 e. The fourth-order valence-electron chi connectivity index (χ4n) is 7.87. The molecule has 0 spiro atoms. The number of nitrogens with zero attached hydrogens (tertiary/aromatic N) is 7. The highest BCUT2D eigenvalue weighted by molar-refractivity contribution is 7.92. The number of benzene rings is 4. The Kier molecular flexibility index (Phi) is 14.3. The molecule has 4 aromatic carbocycles. The van der Waals surface area contributed by atoms with Crippen LogP contribution in [0, 0.1) is 0 Å². The number of hydrogen-bond acceptors (Lipinski definition) is 14. The molecule has 2 saturated heterocycles. The molecule has 2 amide bonds. The fourth-order valence-corrected chi connectivity index (χ4v) is 11.8. The molecular formula is C45H52N8O11S2. The third-order valence-electron chi connectivity index (χ3n) is 10.9. The standard InChI is InChI=1S/C45H52N8O11S2/c1-45(2,3)64-44(56)50-27-25-33(29-50)48-65(57,58)37-24-23-35(51-26-13-18-36(54)41(51)55)38(40-46-49-52(47-40)28-30-19-21-34(61-4)22-20-30)39(37)66(59,60)53(42(62-5)31-14-9-7-10-15-31)43(63-6)32-16-11-8-12-17-32/h7-12,14-17,19-24,33,42-43,48H,13,18,25-29H2,1-6H3/t33-,42-,43-/m1/s1. The van der Waals surface area contributed by atoms with Crippen molar-refractivity contribution < 1.29 is 50.2 Å². The second-order valence-corrected chi connectivity index (χ2v) is 20.1. The number of hydrogen-bond donors (Lipinski definition) is 1. The SMILES string of the molecule is COc1ccc(Cn2nnc(-c3c(N4CCCC(=O)C4=O)ccc(S(=O)(=O)N[C@@H]4CCN(C(=O)OC(C)(C)C)C4)c3S(=O)(=O)N([C@H](OC)c3ccccc3)[C@H](OC)c3ccccc3)n2)cc1. The van der Waals surface area contributed by atoms with Crippen molar-refractivity contribution in [3.63, 3.8) is 0 Å². The van der Waals surface area contributed by atoms with Crippen molar-refractivity contribution in [3.05, 3.63) is 114 Å². The van der Waals surface area contributed by atoms with E-state index >= 15 is 16.8 Å². The average Bonchev–Trinajstić information content (AvgIpc) is 3.97. The van der Waals surface area contributed by atoms with Crippen molar-refractivity contribution >= 4 is 43.5 Å². The van der Waals surface area contributed by atoms with Crippen LogP contribution < -0.4 is 14.4 Å². The molecule has 3 heterocycles.